The second-order valence-corrected chi connectivity index (χ2v) is 5.35. The van der Waals surface area contributed by atoms with Crippen molar-refractivity contribution in [3.05, 3.63) is 23.4 Å². The van der Waals surface area contributed by atoms with Crippen molar-refractivity contribution in [3.8, 4) is 0 Å². The molecule has 4 nitrogen and oxygen atoms in total. The molecule has 0 saturated carbocycles. The number of pyridine rings is 1. The van der Waals surface area contributed by atoms with Crippen LogP contribution in [-0.2, 0) is 13.0 Å². The van der Waals surface area contributed by atoms with E-state index in [2.05, 4.69) is 41.2 Å². The summed E-state index contributed by atoms with van der Waals surface area (Å²) in [6.45, 7) is 7.59. The van der Waals surface area contributed by atoms with Gasteiger partial charge in [0.05, 0.1) is 0 Å². The predicted molar refractivity (Wildman–Crippen MR) is 80.7 cm³/mol. The van der Waals surface area contributed by atoms with E-state index in [-0.39, 0.29) is 0 Å². The van der Waals surface area contributed by atoms with Crippen LogP contribution in [-0.4, -0.2) is 50.2 Å². The first-order chi connectivity index (χ1) is 9.22. The van der Waals surface area contributed by atoms with Crippen molar-refractivity contribution < 1.29 is 0 Å². The first-order valence-corrected chi connectivity index (χ1v) is 7.31. The Labute approximate surface area is 116 Å². The average molecular weight is 262 g/mol. The van der Waals surface area contributed by atoms with Gasteiger partial charge in [-0.1, -0.05) is 6.92 Å². The third-order valence-electron chi connectivity index (χ3n) is 3.71. The predicted octanol–water partition coefficient (Wildman–Crippen LogP) is 1.51. The van der Waals surface area contributed by atoms with E-state index >= 15 is 0 Å². The highest BCUT2D eigenvalue weighted by molar-refractivity contribution is 5.43. The molecule has 0 atom stereocenters. The standard InChI is InChI=1S/C15H26N4/c1-4-14-10-13(12-16-2)11-15(17-14)19-7-5-6-18(3)8-9-19/h10-11,16H,4-9,12H2,1-3H3. The van der Waals surface area contributed by atoms with E-state index < -0.39 is 0 Å². The van der Waals surface area contributed by atoms with Crippen LogP contribution in [0.2, 0.25) is 0 Å². The van der Waals surface area contributed by atoms with Crippen molar-refractivity contribution >= 4 is 5.82 Å². The molecule has 1 aliphatic heterocycles. The normalized spacial score (nSPS) is 17.5. The first kappa shape index (κ1) is 14.3. The maximum atomic E-state index is 4.80. The molecule has 19 heavy (non-hydrogen) atoms. The molecule has 1 aromatic heterocycles. The van der Waals surface area contributed by atoms with E-state index in [0.717, 1.165) is 38.4 Å². The number of hydrogen-bond acceptors (Lipinski definition) is 4. The summed E-state index contributed by atoms with van der Waals surface area (Å²) in [5.41, 5.74) is 2.53. The molecule has 0 bridgehead atoms. The van der Waals surface area contributed by atoms with E-state index in [1.54, 1.807) is 0 Å². The van der Waals surface area contributed by atoms with Gasteiger partial charge in [0.15, 0.2) is 0 Å². The molecular weight excluding hydrogens is 236 g/mol. The van der Waals surface area contributed by atoms with Crippen LogP contribution in [0, 0.1) is 0 Å². The van der Waals surface area contributed by atoms with Crippen molar-refractivity contribution in [2.24, 2.45) is 0 Å². The number of anilines is 1. The monoisotopic (exact) mass is 262 g/mol. The SMILES string of the molecule is CCc1cc(CNC)cc(N2CCCN(C)CC2)n1. The third kappa shape index (κ3) is 3.91. The largest absolute Gasteiger partial charge is 0.355 e. The van der Waals surface area contributed by atoms with Gasteiger partial charge in [0.1, 0.15) is 5.82 Å². The number of hydrogen-bond donors (Lipinski definition) is 1. The Morgan fingerprint density at radius 2 is 2.05 bits per heavy atom. The number of nitrogens with one attached hydrogen (secondary N) is 1. The van der Waals surface area contributed by atoms with Crippen LogP contribution in [0.25, 0.3) is 0 Å². The fourth-order valence-electron chi connectivity index (χ4n) is 2.56. The molecule has 1 aliphatic rings. The Morgan fingerprint density at radius 3 is 2.79 bits per heavy atom. The van der Waals surface area contributed by atoms with Gasteiger partial charge in [-0.2, -0.15) is 0 Å². The Hall–Kier alpha value is -1.13. The molecule has 1 N–H and O–H groups in total. The second kappa shape index (κ2) is 6.87. The van der Waals surface area contributed by atoms with Crippen molar-refractivity contribution in [3.63, 3.8) is 0 Å². The highest BCUT2D eigenvalue weighted by Gasteiger charge is 2.14. The van der Waals surface area contributed by atoms with Crippen molar-refractivity contribution in [2.75, 3.05) is 45.2 Å². The van der Waals surface area contributed by atoms with E-state index in [4.69, 9.17) is 4.98 Å². The number of rotatable bonds is 4. The fourth-order valence-corrected chi connectivity index (χ4v) is 2.56. The Bertz CT molecular complexity index is 405. The van der Waals surface area contributed by atoms with Gasteiger partial charge >= 0.3 is 0 Å². The van der Waals surface area contributed by atoms with Crippen molar-refractivity contribution in [2.45, 2.75) is 26.3 Å². The zero-order chi connectivity index (χ0) is 13.7. The van der Waals surface area contributed by atoms with Crippen LogP contribution in [0.4, 0.5) is 5.82 Å². The maximum Gasteiger partial charge on any atom is 0.129 e. The molecule has 0 spiro atoms. The van der Waals surface area contributed by atoms with Gasteiger partial charge in [0.25, 0.3) is 0 Å². The van der Waals surface area contributed by atoms with Gasteiger partial charge in [0.2, 0.25) is 0 Å². The fraction of sp³-hybridized carbons (Fsp3) is 0.667. The summed E-state index contributed by atoms with van der Waals surface area (Å²) in [6, 6.07) is 4.45. The molecule has 0 radical (unpaired) electrons. The van der Waals surface area contributed by atoms with Crippen LogP contribution in [0.1, 0.15) is 24.6 Å². The molecule has 1 saturated heterocycles. The van der Waals surface area contributed by atoms with Crippen LogP contribution >= 0.6 is 0 Å². The quantitative estimate of drug-likeness (QED) is 0.891. The summed E-state index contributed by atoms with van der Waals surface area (Å²) >= 11 is 0. The molecule has 2 heterocycles. The lowest BCUT2D eigenvalue weighted by Crippen LogP contribution is -2.29. The van der Waals surface area contributed by atoms with E-state index in [1.165, 1.54) is 24.2 Å². The summed E-state index contributed by atoms with van der Waals surface area (Å²) in [4.78, 5) is 9.64. The lowest BCUT2D eigenvalue weighted by atomic mass is 10.2. The summed E-state index contributed by atoms with van der Waals surface area (Å²) in [5.74, 6) is 1.15. The Morgan fingerprint density at radius 1 is 1.21 bits per heavy atom. The minimum absolute atomic E-state index is 0.913. The van der Waals surface area contributed by atoms with Gasteiger partial charge < -0.3 is 15.1 Å². The Kier molecular flexibility index (Phi) is 5.16. The van der Waals surface area contributed by atoms with Gasteiger partial charge in [-0.05, 0) is 51.2 Å². The van der Waals surface area contributed by atoms with Crippen LogP contribution in [0.5, 0.6) is 0 Å². The smallest absolute Gasteiger partial charge is 0.129 e. The van der Waals surface area contributed by atoms with Crippen LogP contribution < -0.4 is 10.2 Å². The number of aromatic nitrogens is 1. The first-order valence-electron chi connectivity index (χ1n) is 7.31. The van der Waals surface area contributed by atoms with Crippen molar-refractivity contribution in [1.29, 1.82) is 0 Å². The molecule has 0 aromatic carbocycles. The van der Waals surface area contributed by atoms with Crippen LogP contribution in [0.15, 0.2) is 12.1 Å². The maximum absolute atomic E-state index is 4.80. The highest BCUT2D eigenvalue weighted by Crippen LogP contribution is 2.17. The summed E-state index contributed by atoms with van der Waals surface area (Å²) < 4.78 is 0. The minimum Gasteiger partial charge on any atom is -0.355 e. The molecule has 0 aliphatic carbocycles. The third-order valence-corrected chi connectivity index (χ3v) is 3.71. The van der Waals surface area contributed by atoms with Gasteiger partial charge in [-0.3, -0.25) is 0 Å². The second-order valence-electron chi connectivity index (χ2n) is 5.35. The van der Waals surface area contributed by atoms with Gasteiger partial charge in [0, 0.05) is 31.9 Å². The number of nitrogens with zero attached hydrogens (tertiary/aromatic N) is 3. The summed E-state index contributed by atoms with van der Waals surface area (Å²) in [7, 11) is 4.19. The molecule has 1 fully saturated rings. The van der Waals surface area contributed by atoms with E-state index in [9.17, 15) is 0 Å². The molecule has 4 heteroatoms. The zero-order valence-electron chi connectivity index (χ0n) is 12.4. The Balaban J connectivity index is 2.19. The van der Waals surface area contributed by atoms with Crippen molar-refractivity contribution in [1.82, 2.24) is 15.2 Å². The molecule has 2 rings (SSSR count). The molecule has 106 valence electrons. The summed E-state index contributed by atoms with van der Waals surface area (Å²) in [5, 5.41) is 3.23. The lowest BCUT2D eigenvalue weighted by Gasteiger charge is -2.23. The topological polar surface area (TPSA) is 31.4 Å². The molecule has 0 unspecified atom stereocenters. The molecule has 1 aromatic rings. The number of likely N-dealkylation sites (N-methyl/N-ethyl adjacent to an activating group) is 1. The van der Waals surface area contributed by atoms with E-state index in [0.29, 0.717) is 0 Å². The average Bonchev–Trinajstić information content (AvgIpc) is 2.63. The van der Waals surface area contributed by atoms with Crippen LogP contribution in [0.3, 0.4) is 0 Å². The minimum atomic E-state index is 0.913. The summed E-state index contributed by atoms with van der Waals surface area (Å²) in [6.07, 6.45) is 2.22. The highest BCUT2D eigenvalue weighted by atomic mass is 15.2. The van der Waals surface area contributed by atoms with Gasteiger partial charge in [-0.15, -0.1) is 0 Å². The van der Waals surface area contributed by atoms with Gasteiger partial charge in [-0.25, -0.2) is 4.98 Å². The lowest BCUT2D eigenvalue weighted by molar-refractivity contribution is 0.360. The zero-order valence-corrected chi connectivity index (χ0v) is 12.4. The molecule has 0 amide bonds. The van der Waals surface area contributed by atoms with E-state index in [1.807, 2.05) is 7.05 Å². The molecular formula is C15H26N4. The number of aryl methyl sites for hydroxylation is 1.